The zero-order valence-electron chi connectivity index (χ0n) is 12.7. The predicted molar refractivity (Wildman–Crippen MR) is 88.9 cm³/mol. The number of hydrogen-bond donors (Lipinski definition) is 2. The van der Waals surface area contributed by atoms with Gasteiger partial charge in [-0.15, -0.1) is 12.6 Å². The topological polar surface area (TPSA) is 20.2 Å². The van der Waals surface area contributed by atoms with E-state index < -0.39 is 0 Å². The van der Waals surface area contributed by atoms with Gasteiger partial charge in [0, 0.05) is 16.4 Å². The van der Waals surface area contributed by atoms with Crippen LogP contribution in [0.2, 0.25) is 0 Å². The van der Waals surface area contributed by atoms with E-state index in [2.05, 4.69) is 44.7 Å². The second-order valence-electron chi connectivity index (χ2n) is 5.98. The molecule has 2 heteroatoms. The highest BCUT2D eigenvalue weighted by molar-refractivity contribution is 7.80. The lowest BCUT2D eigenvalue weighted by Crippen LogP contribution is -2.03. The molecule has 0 fully saturated rings. The molecule has 1 atom stereocenters. The molecule has 1 aliphatic carbocycles. The highest BCUT2D eigenvalue weighted by atomic mass is 32.1. The lowest BCUT2D eigenvalue weighted by Gasteiger charge is -2.22. The molecular weight excluding hydrogens is 264 g/mol. The van der Waals surface area contributed by atoms with E-state index in [0.717, 1.165) is 23.3 Å². The Morgan fingerprint density at radius 2 is 2.10 bits per heavy atom. The Kier molecular flexibility index (Phi) is 5.59. The molecule has 0 amide bonds. The number of benzene rings is 1. The summed E-state index contributed by atoms with van der Waals surface area (Å²) in [5.74, 6) is 0.762. The molecule has 110 valence electrons. The van der Waals surface area contributed by atoms with Crippen molar-refractivity contribution in [1.82, 2.24) is 0 Å². The van der Waals surface area contributed by atoms with Gasteiger partial charge in [0.05, 0.1) is 0 Å². The maximum Gasteiger partial charge on any atom is 0.132 e. The number of rotatable bonds is 5. The van der Waals surface area contributed by atoms with Crippen molar-refractivity contribution in [2.75, 3.05) is 0 Å². The van der Waals surface area contributed by atoms with Crippen molar-refractivity contribution < 1.29 is 5.11 Å². The van der Waals surface area contributed by atoms with Gasteiger partial charge in [-0.1, -0.05) is 43.5 Å². The standard InChI is InChI=1S/C18H26OS/c1-3-4-5-8-14-10-11-16(17(19)18(14)20)15-9-6-7-13(2)12-15/h10-12,15,19-20H,3-9H2,1-2H3. The minimum atomic E-state index is 0.361. The van der Waals surface area contributed by atoms with Crippen LogP contribution in [0.4, 0.5) is 0 Å². The zero-order valence-corrected chi connectivity index (χ0v) is 13.5. The minimum absolute atomic E-state index is 0.361. The van der Waals surface area contributed by atoms with Gasteiger partial charge in [0.25, 0.3) is 0 Å². The summed E-state index contributed by atoms with van der Waals surface area (Å²) in [6.07, 6.45) is 10.5. The largest absolute Gasteiger partial charge is 0.506 e. The van der Waals surface area contributed by atoms with Crippen molar-refractivity contribution in [2.45, 2.75) is 69.6 Å². The maximum atomic E-state index is 10.5. The molecule has 0 aromatic heterocycles. The van der Waals surface area contributed by atoms with Crippen LogP contribution in [-0.4, -0.2) is 5.11 Å². The second kappa shape index (κ2) is 7.21. The average Bonchev–Trinajstić information content (AvgIpc) is 2.44. The van der Waals surface area contributed by atoms with E-state index in [1.54, 1.807) is 0 Å². The van der Waals surface area contributed by atoms with Crippen molar-refractivity contribution in [1.29, 1.82) is 0 Å². The lowest BCUT2D eigenvalue weighted by atomic mass is 9.85. The fourth-order valence-electron chi connectivity index (χ4n) is 3.06. The molecule has 0 spiro atoms. The average molecular weight is 290 g/mol. The monoisotopic (exact) mass is 290 g/mol. The van der Waals surface area contributed by atoms with E-state index in [1.807, 2.05) is 0 Å². The van der Waals surface area contributed by atoms with Gasteiger partial charge in [-0.05, 0) is 44.6 Å². The summed E-state index contributed by atoms with van der Waals surface area (Å²) in [6, 6.07) is 4.26. The van der Waals surface area contributed by atoms with Crippen LogP contribution in [0, 0.1) is 0 Å². The molecule has 2 rings (SSSR count). The summed E-state index contributed by atoms with van der Waals surface area (Å²) >= 11 is 4.55. The fourth-order valence-corrected chi connectivity index (χ4v) is 3.38. The second-order valence-corrected chi connectivity index (χ2v) is 6.43. The van der Waals surface area contributed by atoms with Crippen molar-refractivity contribution in [3.05, 3.63) is 34.9 Å². The van der Waals surface area contributed by atoms with Gasteiger partial charge in [0.2, 0.25) is 0 Å². The normalized spacial score (nSPS) is 18.9. The summed E-state index contributed by atoms with van der Waals surface area (Å²) in [7, 11) is 0. The third-order valence-corrected chi connectivity index (χ3v) is 4.79. The van der Waals surface area contributed by atoms with Gasteiger partial charge >= 0.3 is 0 Å². The fraction of sp³-hybridized carbons (Fsp3) is 0.556. The smallest absolute Gasteiger partial charge is 0.132 e. The highest BCUT2D eigenvalue weighted by Gasteiger charge is 2.19. The minimum Gasteiger partial charge on any atom is -0.506 e. The van der Waals surface area contributed by atoms with E-state index in [9.17, 15) is 5.11 Å². The summed E-state index contributed by atoms with van der Waals surface area (Å²) in [6.45, 7) is 4.39. The number of aryl methyl sites for hydroxylation is 1. The first kappa shape index (κ1) is 15.5. The summed E-state index contributed by atoms with van der Waals surface area (Å²) in [5.41, 5.74) is 3.67. The molecule has 1 unspecified atom stereocenters. The number of unbranched alkanes of at least 4 members (excludes halogenated alkanes) is 2. The number of phenols is 1. The molecule has 1 N–H and O–H groups in total. The van der Waals surface area contributed by atoms with Gasteiger partial charge in [-0.25, -0.2) is 0 Å². The van der Waals surface area contributed by atoms with E-state index in [1.165, 1.54) is 43.2 Å². The first-order valence-corrected chi connectivity index (χ1v) is 8.29. The van der Waals surface area contributed by atoms with Gasteiger partial charge in [-0.2, -0.15) is 0 Å². The first-order chi connectivity index (χ1) is 9.63. The Morgan fingerprint density at radius 1 is 1.30 bits per heavy atom. The predicted octanol–water partition coefficient (Wildman–Crippen LogP) is 5.63. The Morgan fingerprint density at radius 3 is 2.80 bits per heavy atom. The molecular formula is C18H26OS. The number of hydrogen-bond acceptors (Lipinski definition) is 2. The van der Waals surface area contributed by atoms with Gasteiger partial charge in [-0.3, -0.25) is 0 Å². The van der Waals surface area contributed by atoms with E-state index >= 15 is 0 Å². The van der Waals surface area contributed by atoms with Crippen LogP contribution in [0.25, 0.3) is 0 Å². The molecule has 1 aliphatic rings. The SMILES string of the molecule is CCCCCc1ccc(C2C=C(C)CCC2)c(O)c1S. The van der Waals surface area contributed by atoms with Crippen LogP contribution in [0.15, 0.2) is 28.7 Å². The van der Waals surface area contributed by atoms with E-state index in [0.29, 0.717) is 11.7 Å². The Hall–Kier alpha value is -0.890. The first-order valence-electron chi connectivity index (χ1n) is 7.84. The van der Waals surface area contributed by atoms with Gasteiger partial charge < -0.3 is 5.11 Å². The van der Waals surface area contributed by atoms with Crippen LogP contribution in [0.5, 0.6) is 5.75 Å². The maximum absolute atomic E-state index is 10.5. The van der Waals surface area contributed by atoms with Crippen molar-refractivity contribution >= 4 is 12.6 Å². The van der Waals surface area contributed by atoms with Crippen molar-refractivity contribution in [2.24, 2.45) is 0 Å². The molecule has 0 radical (unpaired) electrons. The van der Waals surface area contributed by atoms with E-state index in [-0.39, 0.29) is 0 Å². The Bertz CT molecular complexity index is 490. The molecule has 0 saturated carbocycles. The molecule has 0 saturated heterocycles. The number of allylic oxidation sites excluding steroid dienone is 2. The number of phenolic OH excluding ortho intramolecular Hbond substituents is 1. The third kappa shape index (κ3) is 3.60. The summed E-state index contributed by atoms with van der Waals surface area (Å²) in [5, 5.41) is 10.5. The quantitative estimate of drug-likeness (QED) is 0.409. The third-order valence-electron chi connectivity index (χ3n) is 4.29. The van der Waals surface area contributed by atoms with Gasteiger partial charge in [0.1, 0.15) is 5.75 Å². The summed E-state index contributed by atoms with van der Waals surface area (Å²) in [4.78, 5) is 0.787. The molecule has 20 heavy (non-hydrogen) atoms. The lowest BCUT2D eigenvalue weighted by molar-refractivity contribution is 0.446. The number of thiol groups is 1. The van der Waals surface area contributed by atoms with Crippen LogP contribution >= 0.6 is 12.6 Å². The molecule has 1 aromatic rings. The summed E-state index contributed by atoms with van der Waals surface area (Å²) < 4.78 is 0. The van der Waals surface area contributed by atoms with Crippen molar-refractivity contribution in [3.8, 4) is 5.75 Å². The number of aromatic hydroxyl groups is 1. The van der Waals surface area contributed by atoms with Crippen molar-refractivity contribution in [3.63, 3.8) is 0 Å². The van der Waals surface area contributed by atoms with E-state index in [4.69, 9.17) is 0 Å². The molecule has 0 heterocycles. The van der Waals surface area contributed by atoms with Gasteiger partial charge in [0.15, 0.2) is 0 Å². The highest BCUT2D eigenvalue weighted by Crippen LogP contribution is 2.39. The Balaban J connectivity index is 2.20. The zero-order chi connectivity index (χ0) is 14.5. The Labute approximate surface area is 128 Å². The molecule has 1 aromatic carbocycles. The van der Waals surface area contributed by atoms with Crippen LogP contribution < -0.4 is 0 Å². The van der Waals surface area contributed by atoms with Crippen LogP contribution in [0.3, 0.4) is 0 Å². The molecule has 1 nitrogen and oxygen atoms in total. The molecule has 0 bridgehead atoms. The van der Waals surface area contributed by atoms with Crippen LogP contribution in [0.1, 0.15) is 69.4 Å². The van der Waals surface area contributed by atoms with Crippen LogP contribution in [-0.2, 0) is 6.42 Å². The molecule has 0 aliphatic heterocycles.